The van der Waals surface area contributed by atoms with Crippen LogP contribution in [0, 0.1) is 28.6 Å². The van der Waals surface area contributed by atoms with Crippen LogP contribution < -0.4 is 4.90 Å². The molecular formula is C21H26N4O4. The van der Waals surface area contributed by atoms with Gasteiger partial charge in [-0.15, -0.1) is 0 Å². The Kier molecular flexibility index (Phi) is 6.48. The average molecular weight is 398 g/mol. The molecule has 0 aliphatic carbocycles. The van der Waals surface area contributed by atoms with Crippen molar-refractivity contribution in [2.75, 3.05) is 18.0 Å². The molecule has 0 spiro atoms. The third kappa shape index (κ3) is 4.83. The van der Waals surface area contributed by atoms with Gasteiger partial charge in [-0.2, -0.15) is 10.5 Å². The van der Waals surface area contributed by atoms with E-state index in [2.05, 4.69) is 11.1 Å². The van der Waals surface area contributed by atoms with Crippen molar-refractivity contribution in [1.82, 2.24) is 4.98 Å². The summed E-state index contributed by atoms with van der Waals surface area (Å²) in [6.45, 7) is 9.95. The van der Waals surface area contributed by atoms with Crippen LogP contribution in [0.15, 0.2) is 0 Å². The summed E-state index contributed by atoms with van der Waals surface area (Å²) < 4.78 is 5.46. The van der Waals surface area contributed by atoms with E-state index in [0.717, 1.165) is 0 Å². The monoisotopic (exact) mass is 398 g/mol. The number of ether oxygens (including phenoxy) is 1. The molecule has 0 unspecified atom stereocenters. The average Bonchev–Trinajstić information content (AvgIpc) is 2.64. The Morgan fingerprint density at radius 2 is 1.79 bits per heavy atom. The zero-order valence-corrected chi connectivity index (χ0v) is 17.4. The molecule has 2 rings (SSSR count). The molecule has 0 aromatic carbocycles. The maximum absolute atomic E-state index is 12.3. The van der Waals surface area contributed by atoms with E-state index < -0.39 is 11.6 Å². The van der Waals surface area contributed by atoms with Gasteiger partial charge in [0.1, 0.15) is 29.1 Å². The quantitative estimate of drug-likeness (QED) is 0.766. The number of hydrogen-bond donors (Lipinski definition) is 1. The summed E-state index contributed by atoms with van der Waals surface area (Å²) in [6.07, 6.45) is 1.06. The first kappa shape index (κ1) is 22.2. The summed E-state index contributed by atoms with van der Waals surface area (Å²) in [5.74, 6) is -1.73. The molecule has 0 saturated carbocycles. The van der Waals surface area contributed by atoms with Crippen LogP contribution in [0.3, 0.4) is 0 Å². The third-order valence-corrected chi connectivity index (χ3v) is 4.76. The van der Waals surface area contributed by atoms with E-state index in [0.29, 0.717) is 37.3 Å². The maximum atomic E-state index is 12.3. The molecule has 0 atom stereocenters. The zero-order chi connectivity index (χ0) is 21.9. The van der Waals surface area contributed by atoms with Gasteiger partial charge < -0.3 is 14.7 Å². The smallest absolute Gasteiger partial charge is 0.339 e. The van der Waals surface area contributed by atoms with Crippen LogP contribution in [-0.4, -0.2) is 40.7 Å². The van der Waals surface area contributed by atoms with Crippen LogP contribution in [0.1, 0.15) is 80.6 Å². The lowest BCUT2D eigenvalue weighted by atomic mass is 9.90. The van der Waals surface area contributed by atoms with Crippen LogP contribution >= 0.6 is 0 Å². The van der Waals surface area contributed by atoms with Gasteiger partial charge in [0.2, 0.25) is 0 Å². The molecule has 154 valence electrons. The lowest BCUT2D eigenvalue weighted by molar-refractivity contribution is -0.160. The molecule has 1 saturated heterocycles. The zero-order valence-electron chi connectivity index (χ0n) is 17.4. The Balaban J connectivity index is 2.39. The molecule has 1 N–H and O–H groups in total. The fourth-order valence-corrected chi connectivity index (χ4v) is 3.52. The van der Waals surface area contributed by atoms with Crippen molar-refractivity contribution < 1.29 is 19.4 Å². The van der Waals surface area contributed by atoms with Gasteiger partial charge in [-0.3, -0.25) is 4.79 Å². The number of anilines is 1. The van der Waals surface area contributed by atoms with Crippen LogP contribution in [0.5, 0.6) is 0 Å². The second-order valence-electron chi connectivity index (χ2n) is 8.43. The van der Waals surface area contributed by atoms with Crippen molar-refractivity contribution >= 4 is 17.8 Å². The summed E-state index contributed by atoms with van der Waals surface area (Å²) in [6, 6.07) is 3.94. The number of piperidine rings is 1. The molecule has 8 heteroatoms. The van der Waals surface area contributed by atoms with Gasteiger partial charge in [-0.25, -0.2) is 9.78 Å². The minimum atomic E-state index is -1.27. The van der Waals surface area contributed by atoms with Gasteiger partial charge in [0.15, 0.2) is 5.69 Å². The fourth-order valence-electron chi connectivity index (χ4n) is 3.52. The molecular weight excluding hydrogens is 372 g/mol. The standard InChI is InChI=1S/C21H26N4O4/c1-12(2)16-14(10-22)18(24-15(11-23)17(16)19(26)27)25-8-6-13(7-9-25)20(28)29-21(3,4)5/h12-13H,6-9H2,1-5H3,(H,26,27). The Morgan fingerprint density at radius 3 is 2.21 bits per heavy atom. The summed E-state index contributed by atoms with van der Waals surface area (Å²) in [4.78, 5) is 30.1. The van der Waals surface area contributed by atoms with Gasteiger partial charge in [0.25, 0.3) is 0 Å². The number of aromatic nitrogens is 1. The van der Waals surface area contributed by atoms with E-state index in [1.165, 1.54) is 0 Å². The van der Waals surface area contributed by atoms with Crippen molar-refractivity contribution in [2.45, 2.75) is 59.0 Å². The van der Waals surface area contributed by atoms with Crippen molar-refractivity contribution in [2.24, 2.45) is 5.92 Å². The largest absolute Gasteiger partial charge is 0.478 e. The number of nitrogens with zero attached hydrogens (tertiary/aromatic N) is 4. The fraction of sp³-hybridized carbons (Fsp3) is 0.571. The highest BCUT2D eigenvalue weighted by Crippen LogP contribution is 2.34. The first-order valence-corrected chi connectivity index (χ1v) is 9.59. The van der Waals surface area contributed by atoms with E-state index in [1.807, 2.05) is 31.7 Å². The van der Waals surface area contributed by atoms with E-state index in [-0.39, 0.29) is 34.6 Å². The molecule has 1 aliphatic heterocycles. The molecule has 1 aliphatic rings. The second kappa shape index (κ2) is 8.48. The molecule has 1 aromatic heterocycles. The van der Waals surface area contributed by atoms with Crippen LogP contribution in [0.4, 0.5) is 5.82 Å². The lowest BCUT2D eigenvalue weighted by Gasteiger charge is -2.34. The Labute approximate surface area is 170 Å². The number of rotatable bonds is 4. The molecule has 0 amide bonds. The number of pyridine rings is 1. The number of esters is 1. The van der Waals surface area contributed by atoms with Gasteiger partial charge in [-0.1, -0.05) is 13.8 Å². The molecule has 0 bridgehead atoms. The van der Waals surface area contributed by atoms with E-state index in [1.54, 1.807) is 13.8 Å². The number of carbonyl (C=O) groups excluding carboxylic acids is 1. The summed E-state index contributed by atoms with van der Waals surface area (Å²) in [5.41, 5.74) is -0.483. The molecule has 1 aromatic rings. The lowest BCUT2D eigenvalue weighted by Crippen LogP contribution is -2.39. The predicted octanol–water partition coefficient (Wildman–Crippen LogP) is 3.20. The highest BCUT2D eigenvalue weighted by Gasteiger charge is 2.33. The molecule has 29 heavy (non-hydrogen) atoms. The SMILES string of the molecule is CC(C)c1c(C#N)c(N2CCC(C(=O)OC(C)(C)C)CC2)nc(C#N)c1C(=O)O. The summed E-state index contributed by atoms with van der Waals surface area (Å²) >= 11 is 0. The topological polar surface area (TPSA) is 127 Å². The van der Waals surface area contributed by atoms with Crippen LogP contribution in [-0.2, 0) is 9.53 Å². The molecule has 8 nitrogen and oxygen atoms in total. The predicted molar refractivity (Wildman–Crippen MR) is 105 cm³/mol. The van der Waals surface area contributed by atoms with Gasteiger partial charge in [0, 0.05) is 13.1 Å². The first-order chi connectivity index (χ1) is 13.5. The van der Waals surface area contributed by atoms with Crippen LogP contribution in [0.25, 0.3) is 0 Å². The maximum Gasteiger partial charge on any atom is 0.339 e. The summed E-state index contributed by atoms with van der Waals surface area (Å²) in [5, 5.41) is 28.8. The number of hydrogen-bond acceptors (Lipinski definition) is 7. The third-order valence-electron chi connectivity index (χ3n) is 4.76. The summed E-state index contributed by atoms with van der Waals surface area (Å²) in [7, 11) is 0. The van der Waals surface area contributed by atoms with E-state index in [4.69, 9.17) is 4.74 Å². The Bertz CT molecular complexity index is 895. The van der Waals surface area contributed by atoms with E-state index in [9.17, 15) is 25.2 Å². The van der Waals surface area contributed by atoms with Gasteiger partial charge in [0.05, 0.1) is 11.5 Å². The first-order valence-electron chi connectivity index (χ1n) is 9.59. The van der Waals surface area contributed by atoms with Crippen molar-refractivity contribution in [1.29, 1.82) is 10.5 Å². The molecule has 0 radical (unpaired) electrons. The second-order valence-corrected chi connectivity index (χ2v) is 8.43. The Morgan fingerprint density at radius 1 is 1.21 bits per heavy atom. The van der Waals surface area contributed by atoms with Gasteiger partial charge >= 0.3 is 11.9 Å². The number of carboxylic acids is 1. The Hall–Kier alpha value is -3.13. The van der Waals surface area contributed by atoms with E-state index >= 15 is 0 Å². The molecule has 1 fully saturated rings. The number of carbonyl (C=O) groups is 2. The number of carboxylic acid groups (broad SMARTS) is 1. The molecule has 2 heterocycles. The van der Waals surface area contributed by atoms with Crippen LogP contribution in [0.2, 0.25) is 0 Å². The number of nitriles is 2. The van der Waals surface area contributed by atoms with Crippen molar-refractivity contribution in [3.05, 3.63) is 22.4 Å². The van der Waals surface area contributed by atoms with Gasteiger partial charge in [-0.05, 0) is 45.1 Å². The normalized spacial score (nSPS) is 15.0. The van der Waals surface area contributed by atoms with Crippen molar-refractivity contribution in [3.63, 3.8) is 0 Å². The minimum absolute atomic E-state index is 0.173. The highest BCUT2D eigenvalue weighted by atomic mass is 16.6. The minimum Gasteiger partial charge on any atom is -0.478 e. The number of aromatic carboxylic acids is 1. The van der Waals surface area contributed by atoms with Crippen molar-refractivity contribution in [3.8, 4) is 12.1 Å². The highest BCUT2D eigenvalue weighted by molar-refractivity contribution is 5.93.